The van der Waals surface area contributed by atoms with Crippen LogP contribution >= 0.6 is 0 Å². The smallest absolute Gasteiger partial charge is 0.223 e. The van der Waals surface area contributed by atoms with Crippen LogP contribution in [0, 0.1) is 5.92 Å². The average molecular weight is 256 g/mol. The number of nitrogen functional groups attached to an aromatic ring is 1. The zero-order chi connectivity index (χ0) is 13.2. The maximum absolute atomic E-state index is 12.3. The van der Waals surface area contributed by atoms with Crippen LogP contribution in [0.3, 0.4) is 0 Å². The molecular formula is C16H20N2O. The third kappa shape index (κ3) is 2.50. The number of carbonyl (C=O) groups is 1. The van der Waals surface area contributed by atoms with Gasteiger partial charge in [-0.05, 0) is 42.4 Å². The maximum Gasteiger partial charge on any atom is 0.223 e. The molecule has 0 radical (unpaired) electrons. The van der Waals surface area contributed by atoms with Crippen molar-refractivity contribution in [2.75, 3.05) is 12.3 Å². The first kappa shape index (κ1) is 12.3. The number of carbonyl (C=O) groups excluding carboxylic acids is 1. The van der Waals surface area contributed by atoms with Gasteiger partial charge in [0.05, 0.1) is 0 Å². The van der Waals surface area contributed by atoms with E-state index in [0.717, 1.165) is 38.0 Å². The number of nitrogens with zero attached hydrogens (tertiary/aromatic N) is 1. The fourth-order valence-corrected chi connectivity index (χ4v) is 3.07. The molecule has 2 aliphatic rings. The molecule has 0 saturated carbocycles. The van der Waals surface area contributed by atoms with Crippen molar-refractivity contribution in [1.29, 1.82) is 0 Å². The number of hydrogen-bond acceptors (Lipinski definition) is 2. The zero-order valence-corrected chi connectivity index (χ0v) is 11.1. The number of allylic oxidation sites excluding steroid dienone is 2. The van der Waals surface area contributed by atoms with Crippen LogP contribution in [0.5, 0.6) is 0 Å². The molecule has 100 valence electrons. The van der Waals surface area contributed by atoms with Crippen molar-refractivity contribution in [3.63, 3.8) is 0 Å². The van der Waals surface area contributed by atoms with Gasteiger partial charge in [-0.2, -0.15) is 0 Å². The van der Waals surface area contributed by atoms with Crippen LogP contribution in [-0.2, 0) is 17.8 Å². The van der Waals surface area contributed by atoms with Gasteiger partial charge >= 0.3 is 0 Å². The summed E-state index contributed by atoms with van der Waals surface area (Å²) in [5, 5.41) is 0. The molecule has 0 fully saturated rings. The summed E-state index contributed by atoms with van der Waals surface area (Å²) < 4.78 is 0. The van der Waals surface area contributed by atoms with Gasteiger partial charge in [-0.25, -0.2) is 0 Å². The minimum absolute atomic E-state index is 0.282. The number of nitrogens with two attached hydrogens (primary N) is 1. The van der Waals surface area contributed by atoms with Gasteiger partial charge in [0.25, 0.3) is 0 Å². The highest BCUT2D eigenvalue weighted by Gasteiger charge is 2.23. The number of fused-ring (bicyclic) bond motifs is 1. The van der Waals surface area contributed by atoms with E-state index in [4.69, 9.17) is 5.73 Å². The third-order valence-electron chi connectivity index (χ3n) is 4.20. The Morgan fingerprint density at radius 3 is 3.11 bits per heavy atom. The third-order valence-corrected chi connectivity index (χ3v) is 4.20. The highest BCUT2D eigenvalue weighted by molar-refractivity contribution is 5.77. The first-order valence-electron chi connectivity index (χ1n) is 7.04. The van der Waals surface area contributed by atoms with E-state index in [-0.39, 0.29) is 5.91 Å². The second-order valence-corrected chi connectivity index (χ2v) is 5.52. The molecule has 3 nitrogen and oxygen atoms in total. The minimum atomic E-state index is 0.282. The number of anilines is 1. The predicted octanol–water partition coefficient (Wildman–Crippen LogP) is 2.51. The average Bonchev–Trinajstić information content (AvgIpc) is 2.91. The lowest BCUT2D eigenvalue weighted by atomic mass is 9.97. The molecule has 0 spiro atoms. The monoisotopic (exact) mass is 256 g/mol. The molecule has 1 heterocycles. The molecular weight excluding hydrogens is 236 g/mol. The van der Waals surface area contributed by atoms with Crippen LogP contribution in [0.1, 0.15) is 30.4 Å². The molecule has 0 saturated heterocycles. The minimum Gasteiger partial charge on any atom is -0.398 e. The molecule has 1 aromatic rings. The summed E-state index contributed by atoms with van der Waals surface area (Å²) in [7, 11) is 0. The summed E-state index contributed by atoms with van der Waals surface area (Å²) in [6.45, 7) is 1.52. The van der Waals surface area contributed by atoms with E-state index in [1.165, 1.54) is 11.1 Å². The van der Waals surface area contributed by atoms with Crippen molar-refractivity contribution in [2.45, 2.75) is 32.2 Å². The fourth-order valence-electron chi connectivity index (χ4n) is 3.07. The molecule has 1 amide bonds. The molecule has 3 rings (SSSR count). The lowest BCUT2D eigenvalue weighted by molar-refractivity contribution is -0.132. The molecule has 1 atom stereocenters. The molecule has 3 heteroatoms. The largest absolute Gasteiger partial charge is 0.398 e. The van der Waals surface area contributed by atoms with Gasteiger partial charge in [0.1, 0.15) is 0 Å². The topological polar surface area (TPSA) is 46.3 Å². The van der Waals surface area contributed by atoms with Gasteiger partial charge in [-0.3, -0.25) is 4.79 Å². The SMILES string of the molecule is Nc1cccc2c1CCN(C(=O)CC1C=CCC1)C2. The van der Waals surface area contributed by atoms with Crippen LogP contribution in [0.25, 0.3) is 0 Å². The van der Waals surface area contributed by atoms with E-state index in [1.807, 2.05) is 17.0 Å². The van der Waals surface area contributed by atoms with E-state index in [0.29, 0.717) is 12.3 Å². The van der Waals surface area contributed by atoms with Crippen LogP contribution in [0.15, 0.2) is 30.4 Å². The quantitative estimate of drug-likeness (QED) is 0.653. The van der Waals surface area contributed by atoms with E-state index < -0.39 is 0 Å². The summed E-state index contributed by atoms with van der Waals surface area (Å²) in [5.41, 5.74) is 9.29. The van der Waals surface area contributed by atoms with Crippen LogP contribution in [-0.4, -0.2) is 17.4 Å². The van der Waals surface area contributed by atoms with Crippen molar-refractivity contribution in [1.82, 2.24) is 4.90 Å². The van der Waals surface area contributed by atoms with Crippen molar-refractivity contribution in [3.05, 3.63) is 41.5 Å². The fraction of sp³-hybridized carbons (Fsp3) is 0.438. The van der Waals surface area contributed by atoms with Crippen molar-refractivity contribution < 1.29 is 4.79 Å². The highest BCUT2D eigenvalue weighted by Crippen LogP contribution is 2.26. The number of rotatable bonds is 2. The molecule has 1 aliphatic carbocycles. The summed E-state index contributed by atoms with van der Waals surface area (Å²) in [4.78, 5) is 14.3. The van der Waals surface area contributed by atoms with Crippen LogP contribution in [0.4, 0.5) is 5.69 Å². The Morgan fingerprint density at radius 1 is 1.42 bits per heavy atom. The van der Waals surface area contributed by atoms with Crippen LogP contribution in [0.2, 0.25) is 0 Å². The van der Waals surface area contributed by atoms with E-state index in [1.54, 1.807) is 0 Å². The zero-order valence-electron chi connectivity index (χ0n) is 11.1. The Kier molecular flexibility index (Phi) is 3.28. The summed E-state index contributed by atoms with van der Waals surface area (Å²) >= 11 is 0. The molecule has 0 bridgehead atoms. The molecule has 2 N–H and O–H groups in total. The first-order chi connectivity index (χ1) is 9.24. The van der Waals surface area contributed by atoms with Gasteiger partial charge in [0, 0.05) is 25.2 Å². The molecule has 19 heavy (non-hydrogen) atoms. The van der Waals surface area contributed by atoms with Gasteiger partial charge in [0.2, 0.25) is 5.91 Å². The second-order valence-electron chi connectivity index (χ2n) is 5.52. The second kappa shape index (κ2) is 5.08. The summed E-state index contributed by atoms with van der Waals surface area (Å²) in [5.74, 6) is 0.736. The summed E-state index contributed by atoms with van der Waals surface area (Å²) in [6.07, 6.45) is 8.17. The predicted molar refractivity (Wildman–Crippen MR) is 76.5 cm³/mol. The molecule has 0 aromatic heterocycles. The highest BCUT2D eigenvalue weighted by atomic mass is 16.2. The number of hydrogen-bond donors (Lipinski definition) is 1. The lowest BCUT2D eigenvalue weighted by Gasteiger charge is -2.30. The number of benzene rings is 1. The van der Waals surface area contributed by atoms with Crippen molar-refractivity contribution >= 4 is 11.6 Å². The maximum atomic E-state index is 12.3. The Labute approximate surface area is 114 Å². The molecule has 1 aliphatic heterocycles. The lowest BCUT2D eigenvalue weighted by Crippen LogP contribution is -2.36. The summed E-state index contributed by atoms with van der Waals surface area (Å²) in [6, 6.07) is 6.00. The number of amides is 1. The normalized spacial score (nSPS) is 21.5. The Morgan fingerprint density at radius 2 is 2.32 bits per heavy atom. The Balaban J connectivity index is 1.68. The standard InChI is InChI=1S/C16H20N2O/c17-15-7-3-6-13-11-18(9-8-14(13)15)16(19)10-12-4-1-2-5-12/h1,3-4,6-7,12H,2,5,8-11,17H2. The van der Waals surface area contributed by atoms with E-state index in [2.05, 4.69) is 18.2 Å². The Hall–Kier alpha value is -1.77. The Bertz CT molecular complexity index is 521. The van der Waals surface area contributed by atoms with E-state index in [9.17, 15) is 4.79 Å². The van der Waals surface area contributed by atoms with Crippen LogP contribution < -0.4 is 5.73 Å². The van der Waals surface area contributed by atoms with Gasteiger partial charge in [0.15, 0.2) is 0 Å². The van der Waals surface area contributed by atoms with Gasteiger partial charge in [-0.15, -0.1) is 0 Å². The van der Waals surface area contributed by atoms with Crippen molar-refractivity contribution in [3.8, 4) is 0 Å². The van der Waals surface area contributed by atoms with E-state index >= 15 is 0 Å². The molecule has 1 unspecified atom stereocenters. The molecule has 1 aromatic carbocycles. The van der Waals surface area contributed by atoms with Gasteiger partial charge in [-0.1, -0.05) is 24.3 Å². The first-order valence-corrected chi connectivity index (χ1v) is 7.04. The van der Waals surface area contributed by atoms with Gasteiger partial charge < -0.3 is 10.6 Å². The van der Waals surface area contributed by atoms with Crippen molar-refractivity contribution in [2.24, 2.45) is 5.92 Å².